The van der Waals surface area contributed by atoms with Gasteiger partial charge in [-0.1, -0.05) is 0 Å². The van der Waals surface area contributed by atoms with Crippen molar-refractivity contribution in [1.29, 1.82) is 0 Å². The van der Waals surface area contributed by atoms with Gasteiger partial charge in [-0.05, 0) is 52.9 Å². The lowest BCUT2D eigenvalue weighted by molar-refractivity contribution is -0.126. The van der Waals surface area contributed by atoms with Crippen LogP contribution in [-0.4, -0.2) is 40.7 Å². The van der Waals surface area contributed by atoms with E-state index in [-0.39, 0.29) is 11.9 Å². The minimum Gasteiger partial charge on any atom is -0.377 e. The highest BCUT2D eigenvalue weighted by atomic mass is 32.2. The minimum absolute atomic E-state index is 0.188. The predicted molar refractivity (Wildman–Crippen MR) is 83.9 cm³/mol. The summed E-state index contributed by atoms with van der Waals surface area (Å²) in [4.78, 5) is 12.0. The number of nitrogens with one attached hydrogen (secondary N) is 1. The second-order valence-electron chi connectivity index (χ2n) is 6.50. The van der Waals surface area contributed by atoms with E-state index in [9.17, 15) is 4.79 Å². The summed E-state index contributed by atoms with van der Waals surface area (Å²) in [5.74, 6) is -0.188. The van der Waals surface area contributed by atoms with Gasteiger partial charge in [0.15, 0.2) is 0 Å². The third-order valence-electron chi connectivity index (χ3n) is 4.42. The molecule has 20 heavy (non-hydrogen) atoms. The van der Waals surface area contributed by atoms with Crippen LogP contribution in [0.25, 0.3) is 0 Å². The normalized spacial score (nSPS) is 38.3. The molecule has 4 unspecified atom stereocenters. The van der Waals surface area contributed by atoms with E-state index in [1.807, 2.05) is 11.8 Å². The molecular weight excluding hydrogens is 272 g/mol. The Labute approximate surface area is 126 Å². The Bertz CT molecular complexity index is 351. The van der Waals surface area contributed by atoms with Gasteiger partial charge in [0.2, 0.25) is 5.91 Å². The van der Waals surface area contributed by atoms with Gasteiger partial charge in [0.25, 0.3) is 0 Å². The monoisotopic (exact) mass is 300 g/mol. The summed E-state index contributed by atoms with van der Waals surface area (Å²) in [6, 6.07) is 0.278. The fourth-order valence-corrected chi connectivity index (χ4v) is 5.17. The molecule has 1 amide bonds. The highest BCUT2D eigenvalue weighted by molar-refractivity contribution is 8.00. The van der Waals surface area contributed by atoms with E-state index in [0.29, 0.717) is 16.6 Å². The fourth-order valence-electron chi connectivity index (χ4n) is 3.46. The van der Waals surface area contributed by atoms with Crippen LogP contribution in [0.2, 0.25) is 0 Å². The maximum atomic E-state index is 12.0. The summed E-state index contributed by atoms with van der Waals surface area (Å²) in [6.45, 7) is 7.18. The predicted octanol–water partition coefficient (Wildman–Crippen LogP) is 2.06. The van der Waals surface area contributed by atoms with Crippen LogP contribution >= 0.6 is 11.8 Å². The Hall–Kier alpha value is -0.260. The average Bonchev–Trinajstić information content (AvgIpc) is 2.74. The van der Waals surface area contributed by atoms with Crippen molar-refractivity contribution in [2.75, 3.05) is 6.61 Å². The molecule has 0 aromatic heterocycles. The van der Waals surface area contributed by atoms with Crippen LogP contribution in [0.4, 0.5) is 0 Å². The number of ether oxygens (including phenoxy) is 1. The smallest absolute Gasteiger partial charge is 0.237 e. The van der Waals surface area contributed by atoms with E-state index in [1.54, 1.807) is 0 Å². The number of rotatable bonds is 5. The molecule has 4 atom stereocenters. The Balaban J connectivity index is 2.00. The summed E-state index contributed by atoms with van der Waals surface area (Å²) in [5, 5.41) is 4.52. The molecule has 3 N–H and O–H groups in total. The second kappa shape index (κ2) is 6.67. The molecule has 1 saturated heterocycles. The summed E-state index contributed by atoms with van der Waals surface area (Å²) in [5.41, 5.74) is 5.21. The molecule has 0 radical (unpaired) electrons. The van der Waals surface area contributed by atoms with Crippen LogP contribution in [0.5, 0.6) is 0 Å². The number of hydrogen-bond acceptors (Lipinski definition) is 4. The van der Waals surface area contributed by atoms with E-state index >= 15 is 0 Å². The van der Waals surface area contributed by atoms with Crippen molar-refractivity contribution in [2.24, 2.45) is 5.73 Å². The largest absolute Gasteiger partial charge is 0.377 e. The van der Waals surface area contributed by atoms with Gasteiger partial charge in [-0.2, -0.15) is 11.8 Å². The van der Waals surface area contributed by atoms with Gasteiger partial charge in [-0.15, -0.1) is 0 Å². The van der Waals surface area contributed by atoms with Crippen molar-refractivity contribution >= 4 is 17.7 Å². The zero-order valence-electron chi connectivity index (χ0n) is 12.9. The Morgan fingerprint density at radius 3 is 2.75 bits per heavy atom. The van der Waals surface area contributed by atoms with Crippen LogP contribution in [0.15, 0.2) is 0 Å². The molecular formula is C15H28N2O2S. The van der Waals surface area contributed by atoms with Gasteiger partial charge < -0.3 is 15.8 Å². The molecule has 2 rings (SSSR count). The van der Waals surface area contributed by atoms with Crippen LogP contribution in [-0.2, 0) is 9.53 Å². The number of nitrogens with two attached hydrogens (primary N) is 1. The number of hydrogen-bond donors (Lipinski definition) is 2. The standard InChI is InChI=1S/C15H28N2O2S/c1-10(2)17-15(14(16)18)7-4-5-12(9-15)20-13-6-8-19-11(13)3/h10-13,17H,4-9H2,1-3H3,(H2,16,18). The first-order valence-corrected chi connectivity index (χ1v) is 8.72. The molecule has 116 valence electrons. The topological polar surface area (TPSA) is 64.3 Å². The lowest BCUT2D eigenvalue weighted by Gasteiger charge is -2.41. The van der Waals surface area contributed by atoms with Gasteiger partial charge in [0.05, 0.1) is 11.6 Å². The number of thioether (sulfide) groups is 1. The zero-order chi connectivity index (χ0) is 14.8. The van der Waals surface area contributed by atoms with Crippen molar-refractivity contribution in [2.45, 2.75) is 81.1 Å². The van der Waals surface area contributed by atoms with Crippen LogP contribution in [0.3, 0.4) is 0 Å². The second-order valence-corrected chi connectivity index (χ2v) is 8.05. The lowest BCUT2D eigenvalue weighted by Crippen LogP contribution is -2.60. The van der Waals surface area contributed by atoms with Crippen molar-refractivity contribution in [1.82, 2.24) is 5.32 Å². The molecule has 1 heterocycles. The summed E-state index contributed by atoms with van der Waals surface area (Å²) in [7, 11) is 0. The Kier molecular flexibility index (Phi) is 5.37. The highest BCUT2D eigenvalue weighted by Gasteiger charge is 2.43. The molecule has 0 aromatic rings. The number of amides is 1. The number of primary amides is 1. The van der Waals surface area contributed by atoms with Crippen LogP contribution < -0.4 is 11.1 Å². The van der Waals surface area contributed by atoms with Crippen molar-refractivity contribution in [3.05, 3.63) is 0 Å². The molecule has 2 fully saturated rings. The molecule has 1 aliphatic carbocycles. The SMILES string of the molecule is CC(C)NC1(C(N)=O)CCCC(SC2CCOC2C)C1. The third kappa shape index (κ3) is 3.68. The molecule has 5 heteroatoms. The lowest BCUT2D eigenvalue weighted by atomic mass is 9.80. The van der Waals surface area contributed by atoms with Gasteiger partial charge in [0.1, 0.15) is 0 Å². The average molecular weight is 300 g/mol. The van der Waals surface area contributed by atoms with Crippen molar-refractivity contribution in [3.8, 4) is 0 Å². The van der Waals surface area contributed by atoms with Crippen LogP contribution in [0, 0.1) is 0 Å². The maximum Gasteiger partial charge on any atom is 0.237 e. The molecule has 0 spiro atoms. The first kappa shape index (κ1) is 16.1. The fraction of sp³-hybridized carbons (Fsp3) is 0.933. The molecule has 0 bridgehead atoms. The third-order valence-corrected chi connectivity index (χ3v) is 6.17. The van der Waals surface area contributed by atoms with Crippen molar-refractivity contribution in [3.63, 3.8) is 0 Å². The van der Waals surface area contributed by atoms with Gasteiger partial charge in [-0.3, -0.25) is 4.79 Å². The summed E-state index contributed by atoms with van der Waals surface area (Å²) in [6.07, 6.45) is 5.44. The first-order chi connectivity index (χ1) is 9.43. The van der Waals surface area contributed by atoms with E-state index < -0.39 is 5.54 Å². The first-order valence-electron chi connectivity index (χ1n) is 7.77. The number of carbonyl (C=O) groups is 1. The number of carbonyl (C=O) groups excluding carboxylic acids is 1. The van der Waals surface area contributed by atoms with E-state index in [4.69, 9.17) is 10.5 Å². The van der Waals surface area contributed by atoms with Crippen molar-refractivity contribution < 1.29 is 9.53 Å². The zero-order valence-corrected chi connectivity index (χ0v) is 13.7. The molecule has 1 saturated carbocycles. The highest BCUT2D eigenvalue weighted by Crippen LogP contribution is 2.40. The quantitative estimate of drug-likeness (QED) is 0.816. The minimum atomic E-state index is -0.507. The summed E-state index contributed by atoms with van der Waals surface area (Å²) < 4.78 is 5.64. The van der Waals surface area contributed by atoms with Gasteiger partial charge in [0, 0.05) is 23.1 Å². The summed E-state index contributed by atoms with van der Waals surface area (Å²) >= 11 is 2.01. The van der Waals surface area contributed by atoms with Gasteiger partial charge in [-0.25, -0.2) is 0 Å². The van der Waals surface area contributed by atoms with E-state index in [0.717, 1.165) is 32.3 Å². The van der Waals surface area contributed by atoms with E-state index in [2.05, 4.69) is 26.1 Å². The Morgan fingerprint density at radius 1 is 1.45 bits per heavy atom. The van der Waals surface area contributed by atoms with Gasteiger partial charge >= 0.3 is 0 Å². The maximum absolute atomic E-state index is 12.0. The molecule has 1 aliphatic heterocycles. The van der Waals surface area contributed by atoms with E-state index in [1.165, 1.54) is 6.42 Å². The molecule has 0 aromatic carbocycles. The Morgan fingerprint density at radius 2 is 2.20 bits per heavy atom. The molecule has 4 nitrogen and oxygen atoms in total. The molecule has 2 aliphatic rings. The van der Waals surface area contributed by atoms with Crippen LogP contribution in [0.1, 0.15) is 52.9 Å².